The number of amides is 1. The smallest absolute Gasteiger partial charge is 0.250 e. The molecule has 1 amide bonds. The van der Waals surface area contributed by atoms with Gasteiger partial charge in [-0.3, -0.25) is 14.9 Å². The van der Waals surface area contributed by atoms with Crippen molar-refractivity contribution in [3.63, 3.8) is 0 Å². The van der Waals surface area contributed by atoms with Gasteiger partial charge in [0.1, 0.15) is 11.3 Å². The molecule has 1 saturated heterocycles. The fourth-order valence-corrected chi connectivity index (χ4v) is 6.12. The van der Waals surface area contributed by atoms with E-state index < -0.39 is 17.4 Å². The quantitative estimate of drug-likeness (QED) is 0.265. The Balaban J connectivity index is 1.63. The number of phenols is 1. The number of hydrogen-bond donors (Lipinski definition) is 3. The van der Waals surface area contributed by atoms with Crippen molar-refractivity contribution in [2.24, 2.45) is 5.92 Å². The number of fused-ring (bicyclic) bond motifs is 2. The summed E-state index contributed by atoms with van der Waals surface area (Å²) < 4.78 is 0. The molecule has 6 rings (SSSR count). The van der Waals surface area contributed by atoms with Crippen LogP contribution >= 0.6 is 23.2 Å². The molecule has 2 heterocycles. The van der Waals surface area contributed by atoms with Gasteiger partial charge in [-0.05, 0) is 65.7 Å². The lowest BCUT2D eigenvalue weighted by Gasteiger charge is -2.31. The summed E-state index contributed by atoms with van der Waals surface area (Å²) in [5, 5.41) is 17.5. The average Bonchev–Trinajstić information content (AvgIpc) is 3.40. The number of Topliss-reactive ketones (excluding diaryl/α,β-unsaturated/α-hetero) is 1. The number of halogens is 2. The molecular weight excluding hydrogens is 507 g/mol. The largest absolute Gasteiger partial charge is 0.508 e. The van der Waals surface area contributed by atoms with E-state index in [0.29, 0.717) is 26.9 Å². The van der Waals surface area contributed by atoms with Crippen LogP contribution in [0.3, 0.4) is 0 Å². The molecule has 1 spiro atoms. The van der Waals surface area contributed by atoms with E-state index in [1.54, 1.807) is 42.5 Å². The fraction of sp³-hybridized carbons (Fsp3) is 0.133. The van der Waals surface area contributed by atoms with Crippen LogP contribution in [-0.4, -0.2) is 16.8 Å². The van der Waals surface area contributed by atoms with Gasteiger partial charge in [0.2, 0.25) is 5.91 Å². The van der Waals surface area contributed by atoms with Crippen molar-refractivity contribution in [2.75, 3.05) is 5.32 Å². The first-order valence-corrected chi connectivity index (χ1v) is 12.7. The molecule has 184 valence electrons. The molecule has 0 bridgehead atoms. The molecule has 0 saturated carbocycles. The number of carbonyl (C=O) groups excluding carboxylic acids is 2. The van der Waals surface area contributed by atoms with E-state index in [1.807, 2.05) is 42.5 Å². The van der Waals surface area contributed by atoms with E-state index in [-0.39, 0.29) is 23.5 Å². The lowest BCUT2D eigenvalue weighted by atomic mass is 9.69. The molecule has 7 heteroatoms. The number of anilines is 1. The van der Waals surface area contributed by atoms with E-state index in [4.69, 9.17) is 23.2 Å². The normalized spacial score (nSPS) is 24.2. The molecule has 5 nitrogen and oxygen atoms in total. The zero-order valence-electron chi connectivity index (χ0n) is 19.5. The highest BCUT2D eigenvalue weighted by Gasteiger charge is 2.64. The molecule has 0 aromatic heterocycles. The first-order chi connectivity index (χ1) is 17.9. The number of phenolic OH excluding ortho intramolecular Hbond substituents is 1. The second-order valence-corrected chi connectivity index (χ2v) is 10.3. The molecule has 4 atom stereocenters. The predicted octanol–water partition coefficient (Wildman–Crippen LogP) is 6.47. The molecule has 4 aromatic carbocycles. The maximum Gasteiger partial charge on any atom is 0.250 e. The third-order valence-electron chi connectivity index (χ3n) is 7.43. The number of rotatable bonds is 4. The van der Waals surface area contributed by atoms with E-state index in [9.17, 15) is 14.7 Å². The molecule has 3 N–H and O–H groups in total. The maximum atomic E-state index is 14.4. The summed E-state index contributed by atoms with van der Waals surface area (Å²) in [7, 11) is 0. The van der Waals surface area contributed by atoms with Gasteiger partial charge in [-0.2, -0.15) is 0 Å². The van der Waals surface area contributed by atoms with E-state index in [1.165, 1.54) is 12.1 Å². The van der Waals surface area contributed by atoms with Crippen LogP contribution in [0.25, 0.3) is 0 Å². The highest BCUT2D eigenvalue weighted by Crippen LogP contribution is 2.57. The Kier molecular flexibility index (Phi) is 5.80. The number of carbonyl (C=O) groups is 2. The Bertz CT molecular complexity index is 1510. The molecule has 37 heavy (non-hydrogen) atoms. The van der Waals surface area contributed by atoms with Gasteiger partial charge in [0.25, 0.3) is 0 Å². The van der Waals surface area contributed by atoms with Crippen molar-refractivity contribution >= 4 is 40.6 Å². The Morgan fingerprint density at radius 1 is 0.811 bits per heavy atom. The number of aromatic hydroxyl groups is 1. The SMILES string of the molecule is O=C(c1ccc(O)cc1)C1[C@H](c2ccc(Cl)cc2)[C@@H](c2ccccc2)NC12C(=O)Nc1ccc(Cl)cc12. The summed E-state index contributed by atoms with van der Waals surface area (Å²) in [6, 6.07) is 28.2. The summed E-state index contributed by atoms with van der Waals surface area (Å²) in [4.78, 5) is 28.4. The Hall–Kier alpha value is -3.64. The van der Waals surface area contributed by atoms with Crippen LogP contribution in [0.5, 0.6) is 5.75 Å². The van der Waals surface area contributed by atoms with Gasteiger partial charge in [-0.1, -0.05) is 65.7 Å². The van der Waals surface area contributed by atoms with Crippen molar-refractivity contribution in [2.45, 2.75) is 17.5 Å². The third kappa shape index (κ3) is 3.82. The lowest BCUT2D eigenvalue weighted by Crippen LogP contribution is -2.50. The molecule has 0 aliphatic carbocycles. The first-order valence-electron chi connectivity index (χ1n) is 11.9. The second kappa shape index (κ2) is 9.03. The number of hydrogen-bond acceptors (Lipinski definition) is 4. The second-order valence-electron chi connectivity index (χ2n) is 9.45. The first kappa shape index (κ1) is 23.7. The zero-order chi connectivity index (χ0) is 25.7. The van der Waals surface area contributed by atoms with Crippen LogP contribution in [-0.2, 0) is 10.3 Å². The minimum absolute atomic E-state index is 0.0583. The van der Waals surface area contributed by atoms with Gasteiger partial charge in [0, 0.05) is 38.8 Å². The van der Waals surface area contributed by atoms with Crippen molar-refractivity contribution < 1.29 is 14.7 Å². The van der Waals surface area contributed by atoms with Gasteiger partial charge < -0.3 is 10.4 Å². The lowest BCUT2D eigenvalue weighted by molar-refractivity contribution is -0.122. The van der Waals surface area contributed by atoms with Gasteiger partial charge in [-0.25, -0.2) is 0 Å². The highest BCUT2D eigenvalue weighted by atomic mass is 35.5. The van der Waals surface area contributed by atoms with Crippen LogP contribution < -0.4 is 10.6 Å². The Labute approximate surface area is 224 Å². The fourth-order valence-electron chi connectivity index (χ4n) is 5.82. The summed E-state index contributed by atoms with van der Waals surface area (Å²) in [5.74, 6) is -1.71. The molecule has 4 aromatic rings. The van der Waals surface area contributed by atoms with E-state index in [0.717, 1.165) is 11.1 Å². The van der Waals surface area contributed by atoms with Crippen LogP contribution in [0.4, 0.5) is 5.69 Å². The van der Waals surface area contributed by atoms with E-state index in [2.05, 4.69) is 10.6 Å². The van der Waals surface area contributed by atoms with Gasteiger partial charge in [0.15, 0.2) is 5.78 Å². The molecule has 1 fully saturated rings. The minimum atomic E-state index is -1.37. The zero-order valence-corrected chi connectivity index (χ0v) is 21.0. The number of ketones is 1. The van der Waals surface area contributed by atoms with Crippen molar-refractivity contribution in [3.05, 3.63) is 129 Å². The molecule has 2 aliphatic heterocycles. The number of benzene rings is 4. The topological polar surface area (TPSA) is 78.4 Å². The van der Waals surface area contributed by atoms with Crippen molar-refractivity contribution in [1.29, 1.82) is 0 Å². The van der Waals surface area contributed by atoms with Crippen LogP contribution in [0.1, 0.15) is 39.0 Å². The predicted molar refractivity (Wildman–Crippen MR) is 144 cm³/mol. The molecule has 0 radical (unpaired) electrons. The van der Waals surface area contributed by atoms with Gasteiger partial charge in [0.05, 0.1) is 5.92 Å². The van der Waals surface area contributed by atoms with Crippen LogP contribution in [0.2, 0.25) is 10.0 Å². The summed E-state index contributed by atoms with van der Waals surface area (Å²) in [6.45, 7) is 0. The van der Waals surface area contributed by atoms with Crippen LogP contribution in [0.15, 0.2) is 97.1 Å². The Morgan fingerprint density at radius 3 is 2.19 bits per heavy atom. The molecule has 2 unspecified atom stereocenters. The minimum Gasteiger partial charge on any atom is -0.508 e. The number of nitrogens with one attached hydrogen (secondary N) is 2. The molecular formula is C30H22Cl2N2O3. The van der Waals surface area contributed by atoms with Crippen LogP contribution in [0, 0.1) is 5.92 Å². The molecule has 2 aliphatic rings. The van der Waals surface area contributed by atoms with Gasteiger partial charge >= 0.3 is 0 Å². The maximum absolute atomic E-state index is 14.4. The standard InChI is InChI=1S/C30H22Cl2N2O3/c31-20-10-6-17(7-11-20)25-26(28(36)19-8-13-22(35)14-9-19)30(34-27(25)18-4-2-1-3-5-18)23-16-21(32)12-15-24(23)33-29(30)37/h1-16,25-27,34-35H,(H,33,37)/t25-,26?,27+,30?/m0/s1. The average molecular weight is 529 g/mol. The van der Waals surface area contributed by atoms with Crippen molar-refractivity contribution in [3.8, 4) is 5.75 Å². The summed E-state index contributed by atoms with van der Waals surface area (Å²) in [5.41, 5.74) is 2.11. The Morgan fingerprint density at radius 2 is 1.49 bits per heavy atom. The van der Waals surface area contributed by atoms with Gasteiger partial charge in [-0.15, -0.1) is 0 Å². The highest BCUT2D eigenvalue weighted by molar-refractivity contribution is 6.31. The van der Waals surface area contributed by atoms with E-state index >= 15 is 0 Å². The third-order valence-corrected chi connectivity index (χ3v) is 7.92. The summed E-state index contributed by atoms with van der Waals surface area (Å²) >= 11 is 12.6. The monoisotopic (exact) mass is 528 g/mol. The summed E-state index contributed by atoms with van der Waals surface area (Å²) in [6.07, 6.45) is 0. The van der Waals surface area contributed by atoms with Crippen molar-refractivity contribution in [1.82, 2.24) is 5.32 Å².